The van der Waals surface area contributed by atoms with Gasteiger partial charge in [-0.3, -0.25) is 4.79 Å². The van der Waals surface area contributed by atoms with Crippen LogP contribution in [0.5, 0.6) is 5.75 Å². The summed E-state index contributed by atoms with van der Waals surface area (Å²) in [4.78, 5) is 17.4. The van der Waals surface area contributed by atoms with Crippen LogP contribution in [-0.4, -0.2) is 22.1 Å². The number of carbonyl (C=O) groups excluding carboxylic acids is 1. The Kier molecular flexibility index (Phi) is 6.90. The fraction of sp³-hybridized carbons (Fsp3) is 0.462. The molecule has 1 fully saturated rings. The molecule has 0 unspecified atom stereocenters. The van der Waals surface area contributed by atoms with Gasteiger partial charge in [-0.25, -0.2) is 4.98 Å². The Morgan fingerprint density at radius 2 is 1.81 bits per heavy atom. The summed E-state index contributed by atoms with van der Waals surface area (Å²) in [5.41, 5.74) is 4.41. The van der Waals surface area contributed by atoms with Crippen LogP contribution in [0.2, 0.25) is 0 Å². The number of fused-ring (bicyclic) bond motifs is 1. The van der Waals surface area contributed by atoms with Gasteiger partial charge < -0.3 is 14.6 Å². The largest absolute Gasteiger partial charge is 0.493 e. The Bertz CT molecular complexity index is 1010. The Morgan fingerprint density at radius 1 is 1.06 bits per heavy atom. The molecule has 2 aromatic carbocycles. The second-order valence-corrected chi connectivity index (χ2v) is 8.64. The highest BCUT2D eigenvalue weighted by Crippen LogP contribution is 2.24. The molecule has 5 heteroatoms. The van der Waals surface area contributed by atoms with Crippen molar-refractivity contribution in [1.29, 1.82) is 0 Å². The van der Waals surface area contributed by atoms with Gasteiger partial charge in [-0.05, 0) is 56.4 Å². The summed E-state index contributed by atoms with van der Waals surface area (Å²) in [6.07, 6.45) is 6.48. The molecule has 1 amide bonds. The summed E-state index contributed by atoms with van der Waals surface area (Å²) in [7, 11) is 0. The fourth-order valence-electron chi connectivity index (χ4n) is 4.61. The molecule has 0 bridgehead atoms. The molecule has 0 aliphatic heterocycles. The molecular formula is C26H33N3O2. The van der Waals surface area contributed by atoms with Gasteiger partial charge in [-0.1, -0.05) is 49.6 Å². The maximum atomic E-state index is 12.6. The third-order valence-electron chi connectivity index (χ3n) is 6.31. The lowest BCUT2D eigenvalue weighted by Crippen LogP contribution is -2.32. The van der Waals surface area contributed by atoms with Crippen molar-refractivity contribution < 1.29 is 9.53 Å². The average molecular weight is 420 g/mol. The van der Waals surface area contributed by atoms with Gasteiger partial charge in [0.1, 0.15) is 11.6 Å². The normalized spacial score (nSPS) is 14.6. The number of aryl methyl sites for hydroxylation is 3. The number of imidazole rings is 1. The minimum Gasteiger partial charge on any atom is -0.493 e. The van der Waals surface area contributed by atoms with Gasteiger partial charge >= 0.3 is 0 Å². The van der Waals surface area contributed by atoms with Crippen molar-refractivity contribution in [3.05, 3.63) is 59.4 Å². The summed E-state index contributed by atoms with van der Waals surface area (Å²) in [6.45, 7) is 6.09. The Labute approximate surface area is 184 Å². The molecule has 1 aliphatic carbocycles. The van der Waals surface area contributed by atoms with Crippen LogP contribution in [0.4, 0.5) is 0 Å². The summed E-state index contributed by atoms with van der Waals surface area (Å²) in [5, 5.41) is 3.15. The van der Waals surface area contributed by atoms with Crippen LogP contribution >= 0.6 is 0 Å². The number of nitrogens with zero attached hydrogens (tertiary/aromatic N) is 2. The second kappa shape index (κ2) is 9.99. The highest BCUT2D eigenvalue weighted by atomic mass is 16.5. The van der Waals surface area contributed by atoms with Crippen LogP contribution in [0, 0.1) is 19.8 Å². The number of rotatable bonds is 8. The van der Waals surface area contributed by atoms with Gasteiger partial charge in [0.2, 0.25) is 5.91 Å². The number of ether oxygens (including phenoxy) is 1. The number of carbonyl (C=O) groups is 1. The molecule has 1 aromatic heterocycles. The van der Waals surface area contributed by atoms with Gasteiger partial charge in [0.25, 0.3) is 0 Å². The lowest BCUT2D eigenvalue weighted by atomic mass is 9.89. The quantitative estimate of drug-likeness (QED) is 0.503. The first kappa shape index (κ1) is 21.4. The number of para-hydroxylation sites is 3. The fourth-order valence-corrected chi connectivity index (χ4v) is 4.61. The van der Waals surface area contributed by atoms with Crippen molar-refractivity contribution in [2.24, 2.45) is 5.92 Å². The number of aromatic nitrogens is 2. The van der Waals surface area contributed by atoms with E-state index in [9.17, 15) is 4.79 Å². The van der Waals surface area contributed by atoms with Crippen molar-refractivity contribution in [2.75, 3.05) is 6.61 Å². The second-order valence-electron chi connectivity index (χ2n) is 8.64. The Morgan fingerprint density at radius 3 is 2.58 bits per heavy atom. The predicted molar refractivity (Wildman–Crippen MR) is 124 cm³/mol. The standard InChI is InChI=1S/C26H33N3O2/c1-19-10-8-11-20(2)25(19)31-17-9-16-29-23-15-7-6-14-22(23)28-24(29)18-27-26(30)21-12-4-3-5-13-21/h6-8,10-11,14-15,21H,3-5,9,12-13,16-18H2,1-2H3,(H,27,30). The number of amides is 1. The minimum atomic E-state index is 0.164. The highest BCUT2D eigenvalue weighted by molar-refractivity contribution is 5.79. The van der Waals surface area contributed by atoms with Crippen molar-refractivity contribution in [3.8, 4) is 5.75 Å². The van der Waals surface area contributed by atoms with Crippen molar-refractivity contribution in [3.63, 3.8) is 0 Å². The molecule has 1 N–H and O–H groups in total. The van der Waals surface area contributed by atoms with Crippen LogP contribution in [0.15, 0.2) is 42.5 Å². The zero-order valence-corrected chi connectivity index (χ0v) is 18.7. The highest BCUT2D eigenvalue weighted by Gasteiger charge is 2.21. The minimum absolute atomic E-state index is 0.164. The molecule has 1 saturated carbocycles. The van der Waals surface area contributed by atoms with E-state index in [2.05, 4.69) is 48.0 Å². The average Bonchev–Trinajstić information content (AvgIpc) is 3.14. The SMILES string of the molecule is Cc1cccc(C)c1OCCCn1c(CNC(=O)C2CCCCC2)nc2ccccc21. The zero-order valence-electron chi connectivity index (χ0n) is 18.7. The van der Waals surface area contributed by atoms with E-state index in [0.717, 1.165) is 61.3 Å². The smallest absolute Gasteiger partial charge is 0.223 e. The van der Waals surface area contributed by atoms with Crippen LogP contribution in [0.3, 0.4) is 0 Å². The van der Waals surface area contributed by atoms with E-state index in [1.807, 2.05) is 18.2 Å². The third-order valence-corrected chi connectivity index (χ3v) is 6.31. The Hall–Kier alpha value is -2.82. The number of hydrogen-bond acceptors (Lipinski definition) is 3. The van der Waals surface area contributed by atoms with E-state index in [1.54, 1.807) is 0 Å². The third kappa shape index (κ3) is 5.09. The van der Waals surface area contributed by atoms with E-state index in [4.69, 9.17) is 9.72 Å². The molecule has 31 heavy (non-hydrogen) atoms. The van der Waals surface area contributed by atoms with Crippen LogP contribution in [-0.2, 0) is 17.9 Å². The molecule has 1 heterocycles. The molecule has 0 atom stereocenters. The first-order chi connectivity index (χ1) is 15.1. The van der Waals surface area contributed by atoms with E-state index in [0.29, 0.717) is 13.2 Å². The van der Waals surface area contributed by atoms with Crippen LogP contribution in [0.1, 0.15) is 55.5 Å². The van der Waals surface area contributed by atoms with Gasteiger partial charge in [-0.2, -0.15) is 0 Å². The van der Waals surface area contributed by atoms with E-state index in [1.165, 1.54) is 17.5 Å². The molecular weight excluding hydrogens is 386 g/mol. The summed E-state index contributed by atoms with van der Waals surface area (Å²) in [5.74, 6) is 2.24. The van der Waals surface area contributed by atoms with Crippen molar-refractivity contribution in [1.82, 2.24) is 14.9 Å². The molecule has 0 spiro atoms. The molecule has 4 rings (SSSR count). The van der Waals surface area contributed by atoms with Gasteiger partial charge in [0.15, 0.2) is 0 Å². The number of nitrogens with one attached hydrogen (secondary N) is 1. The summed E-state index contributed by atoms with van der Waals surface area (Å²) >= 11 is 0. The summed E-state index contributed by atoms with van der Waals surface area (Å²) < 4.78 is 8.32. The molecule has 164 valence electrons. The zero-order chi connectivity index (χ0) is 21.6. The van der Waals surface area contributed by atoms with E-state index in [-0.39, 0.29) is 11.8 Å². The lowest BCUT2D eigenvalue weighted by Gasteiger charge is -2.20. The molecule has 0 saturated heterocycles. The van der Waals surface area contributed by atoms with Crippen molar-refractivity contribution >= 4 is 16.9 Å². The summed E-state index contributed by atoms with van der Waals surface area (Å²) in [6, 6.07) is 14.4. The molecule has 5 nitrogen and oxygen atoms in total. The van der Waals surface area contributed by atoms with Gasteiger partial charge in [0, 0.05) is 12.5 Å². The van der Waals surface area contributed by atoms with E-state index >= 15 is 0 Å². The maximum Gasteiger partial charge on any atom is 0.223 e. The number of hydrogen-bond donors (Lipinski definition) is 1. The first-order valence-electron chi connectivity index (χ1n) is 11.5. The first-order valence-corrected chi connectivity index (χ1v) is 11.5. The van der Waals surface area contributed by atoms with Crippen molar-refractivity contribution in [2.45, 2.75) is 65.5 Å². The monoisotopic (exact) mass is 419 g/mol. The lowest BCUT2D eigenvalue weighted by molar-refractivity contribution is -0.126. The molecule has 3 aromatic rings. The molecule has 1 aliphatic rings. The maximum absolute atomic E-state index is 12.6. The van der Waals surface area contributed by atoms with Gasteiger partial charge in [-0.15, -0.1) is 0 Å². The van der Waals surface area contributed by atoms with Crippen LogP contribution < -0.4 is 10.1 Å². The number of benzene rings is 2. The Balaban J connectivity index is 1.40. The topological polar surface area (TPSA) is 56.1 Å². The van der Waals surface area contributed by atoms with Crippen LogP contribution in [0.25, 0.3) is 11.0 Å². The predicted octanol–water partition coefficient (Wildman–Crippen LogP) is 5.32. The molecule has 0 radical (unpaired) electrons. The van der Waals surface area contributed by atoms with Gasteiger partial charge in [0.05, 0.1) is 24.2 Å². The van der Waals surface area contributed by atoms with E-state index < -0.39 is 0 Å².